The van der Waals surface area contributed by atoms with Gasteiger partial charge in [-0.25, -0.2) is 0 Å². The number of halogens is 1. The van der Waals surface area contributed by atoms with Gasteiger partial charge >= 0.3 is 0 Å². The molecule has 0 amide bonds. The van der Waals surface area contributed by atoms with E-state index in [0.717, 1.165) is 41.8 Å². The van der Waals surface area contributed by atoms with Crippen LogP contribution >= 0.6 is 11.6 Å². The van der Waals surface area contributed by atoms with E-state index in [0.29, 0.717) is 0 Å². The van der Waals surface area contributed by atoms with Crippen molar-refractivity contribution in [3.05, 3.63) is 29.3 Å². The van der Waals surface area contributed by atoms with Gasteiger partial charge in [0.15, 0.2) is 0 Å². The van der Waals surface area contributed by atoms with Gasteiger partial charge in [-0.05, 0) is 79.9 Å². The van der Waals surface area contributed by atoms with E-state index in [2.05, 4.69) is 32.0 Å². The Labute approximate surface area is 132 Å². The monoisotopic (exact) mass is 302 g/mol. The lowest BCUT2D eigenvalue weighted by Crippen LogP contribution is -2.24. The highest BCUT2D eigenvalue weighted by Crippen LogP contribution is 2.73. The molecule has 1 aliphatic heterocycles. The summed E-state index contributed by atoms with van der Waals surface area (Å²) < 4.78 is 5.98. The van der Waals surface area contributed by atoms with E-state index in [9.17, 15) is 0 Å². The summed E-state index contributed by atoms with van der Waals surface area (Å²) in [5.41, 5.74) is 2.62. The number of hydrogen-bond donors (Lipinski definition) is 0. The van der Waals surface area contributed by atoms with E-state index in [-0.39, 0.29) is 11.0 Å². The van der Waals surface area contributed by atoms with Gasteiger partial charge in [0, 0.05) is 6.42 Å². The summed E-state index contributed by atoms with van der Waals surface area (Å²) in [5.74, 6) is 5.72. The molecule has 3 aliphatic carbocycles. The van der Waals surface area contributed by atoms with E-state index in [1.165, 1.54) is 30.4 Å². The molecule has 112 valence electrons. The van der Waals surface area contributed by atoms with Gasteiger partial charge in [0.25, 0.3) is 0 Å². The maximum atomic E-state index is 6.90. The smallest absolute Gasteiger partial charge is 0.123 e. The molecule has 0 saturated heterocycles. The summed E-state index contributed by atoms with van der Waals surface area (Å²) in [5, 5.41) is 0.220. The van der Waals surface area contributed by atoms with Crippen LogP contribution in [0, 0.1) is 29.6 Å². The lowest BCUT2D eigenvalue weighted by Gasteiger charge is -2.16. The fraction of sp³-hybridized carbons (Fsp3) is 0.684. The Kier molecular flexibility index (Phi) is 2.43. The molecular weight excluding hydrogens is 280 g/mol. The molecular formula is C19H23ClO. The summed E-state index contributed by atoms with van der Waals surface area (Å²) in [4.78, 5) is 0. The average Bonchev–Trinajstić information content (AvgIpc) is 2.75. The minimum Gasteiger partial charge on any atom is -0.487 e. The van der Waals surface area contributed by atoms with E-state index >= 15 is 0 Å². The Balaban J connectivity index is 1.40. The lowest BCUT2D eigenvalue weighted by molar-refractivity contribution is 0.138. The molecule has 4 aliphatic rings. The third-order valence-corrected chi connectivity index (χ3v) is 7.08. The van der Waals surface area contributed by atoms with Crippen molar-refractivity contribution in [3.63, 3.8) is 0 Å². The van der Waals surface area contributed by atoms with Crippen LogP contribution in [0.4, 0.5) is 0 Å². The second-order valence-electron chi connectivity index (χ2n) is 8.37. The minimum absolute atomic E-state index is 0.0576. The van der Waals surface area contributed by atoms with E-state index in [1.807, 2.05) is 0 Å². The van der Waals surface area contributed by atoms with Crippen molar-refractivity contribution in [2.24, 2.45) is 29.6 Å². The molecule has 2 heteroatoms. The first-order chi connectivity index (χ1) is 10.0. The zero-order valence-corrected chi connectivity index (χ0v) is 13.6. The largest absolute Gasteiger partial charge is 0.487 e. The highest BCUT2D eigenvalue weighted by Gasteiger charge is 2.66. The Hall–Kier alpha value is -0.690. The van der Waals surface area contributed by atoms with Gasteiger partial charge in [0.1, 0.15) is 11.4 Å². The second-order valence-corrected chi connectivity index (χ2v) is 8.84. The Morgan fingerprint density at radius 2 is 1.90 bits per heavy atom. The molecule has 1 nitrogen and oxygen atoms in total. The predicted octanol–water partition coefficient (Wildman–Crippen LogP) is 4.97. The first-order valence-corrected chi connectivity index (χ1v) is 8.93. The summed E-state index contributed by atoms with van der Waals surface area (Å²) in [6, 6.07) is 6.66. The summed E-state index contributed by atoms with van der Waals surface area (Å²) in [7, 11) is 0. The molecule has 5 unspecified atom stereocenters. The standard InChI is InChI=1S/C19H23ClO/c1-19(2)9-13-8-12(5-6-14(13)21-19)18(20)17-15-10-3-4-11(7-10)16(15)17/h5-6,8,10-11,15-18H,3-4,7,9H2,1-2H3. The highest BCUT2D eigenvalue weighted by atomic mass is 35.5. The first kappa shape index (κ1) is 12.8. The Morgan fingerprint density at radius 3 is 2.62 bits per heavy atom. The maximum Gasteiger partial charge on any atom is 0.123 e. The van der Waals surface area contributed by atoms with Gasteiger partial charge in [-0.15, -0.1) is 11.6 Å². The van der Waals surface area contributed by atoms with E-state index in [1.54, 1.807) is 0 Å². The third kappa shape index (κ3) is 1.76. The third-order valence-electron chi connectivity index (χ3n) is 6.54. The lowest BCUT2D eigenvalue weighted by atomic mass is 9.94. The van der Waals surface area contributed by atoms with Gasteiger partial charge in [-0.1, -0.05) is 12.1 Å². The van der Waals surface area contributed by atoms with Gasteiger partial charge in [0.2, 0.25) is 0 Å². The van der Waals surface area contributed by atoms with E-state index in [4.69, 9.17) is 16.3 Å². The van der Waals surface area contributed by atoms with Crippen molar-refractivity contribution in [2.45, 2.75) is 50.5 Å². The first-order valence-electron chi connectivity index (χ1n) is 8.49. The zero-order valence-electron chi connectivity index (χ0n) is 12.8. The predicted molar refractivity (Wildman–Crippen MR) is 84.7 cm³/mol. The molecule has 0 radical (unpaired) electrons. The molecule has 1 heterocycles. The van der Waals surface area contributed by atoms with Crippen LogP contribution in [0.2, 0.25) is 0 Å². The molecule has 3 fully saturated rings. The topological polar surface area (TPSA) is 9.23 Å². The number of alkyl halides is 1. The van der Waals surface area contributed by atoms with Gasteiger partial charge in [-0.2, -0.15) is 0 Å². The normalized spacial score (nSPS) is 42.3. The number of benzene rings is 1. The molecule has 5 atom stereocenters. The van der Waals surface area contributed by atoms with Crippen molar-refractivity contribution >= 4 is 11.6 Å². The van der Waals surface area contributed by atoms with Gasteiger partial charge in [0.05, 0.1) is 5.38 Å². The van der Waals surface area contributed by atoms with Crippen LogP contribution in [0.5, 0.6) is 5.75 Å². The Bertz CT molecular complexity index is 592. The molecule has 2 bridgehead atoms. The number of hydrogen-bond acceptors (Lipinski definition) is 1. The SMILES string of the molecule is CC1(C)Cc2cc(C(Cl)C3C4C5CCC(C5)C43)ccc2O1. The number of rotatable bonds is 2. The molecule has 3 saturated carbocycles. The zero-order chi connectivity index (χ0) is 14.4. The van der Waals surface area contributed by atoms with Gasteiger partial charge in [-0.3, -0.25) is 0 Å². The highest BCUT2D eigenvalue weighted by molar-refractivity contribution is 6.21. The Morgan fingerprint density at radius 1 is 1.19 bits per heavy atom. The van der Waals surface area contributed by atoms with E-state index < -0.39 is 0 Å². The molecule has 5 rings (SSSR count). The maximum absolute atomic E-state index is 6.90. The summed E-state index contributed by atoms with van der Waals surface area (Å²) in [6.07, 6.45) is 5.44. The number of ether oxygens (including phenoxy) is 1. The van der Waals surface area contributed by atoms with Crippen LogP contribution in [0.3, 0.4) is 0 Å². The van der Waals surface area contributed by atoms with Crippen molar-refractivity contribution < 1.29 is 4.74 Å². The van der Waals surface area contributed by atoms with Crippen molar-refractivity contribution in [1.82, 2.24) is 0 Å². The molecule has 21 heavy (non-hydrogen) atoms. The van der Waals surface area contributed by atoms with Crippen LogP contribution in [0.1, 0.15) is 49.6 Å². The van der Waals surface area contributed by atoms with Crippen LogP contribution in [0.25, 0.3) is 0 Å². The molecule has 0 aromatic heterocycles. The molecule has 1 aromatic rings. The van der Waals surface area contributed by atoms with Crippen molar-refractivity contribution in [3.8, 4) is 5.75 Å². The average molecular weight is 303 g/mol. The van der Waals surface area contributed by atoms with Crippen LogP contribution < -0.4 is 4.74 Å². The van der Waals surface area contributed by atoms with Crippen molar-refractivity contribution in [2.75, 3.05) is 0 Å². The van der Waals surface area contributed by atoms with Crippen LogP contribution in [-0.4, -0.2) is 5.60 Å². The van der Waals surface area contributed by atoms with Gasteiger partial charge < -0.3 is 4.74 Å². The minimum atomic E-state index is -0.0576. The molecule has 0 N–H and O–H groups in total. The molecule has 0 spiro atoms. The quantitative estimate of drug-likeness (QED) is 0.701. The number of fused-ring (bicyclic) bond motifs is 6. The van der Waals surface area contributed by atoms with Crippen molar-refractivity contribution in [1.29, 1.82) is 0 Å². The van der Waals surface area contributed by atoms with Crippen LogP contribution in [0.15, 0.2) is 18.2 Å². The fourth-order valence-corrected chi connectivity index (χ4v) is 6.28. The van der Waals surface area contributed by atoms with Crippen LogP contribution in [-0.2, 0) is 6.42 Å². The second kappa shape index (κ2) is 3.98. The summed E-state index contributed by atoms with van der Waals surface area (Å²) >= 11 is 6.90. The fourth-order valence-electron chi connectivity index (χ4n) is 5.81. The molecule has 1 aromatic carbocycles. The summed E-state index contributed by atoms with van der Waals surface area (Å²) in [6.45, 7) is 4.32.